The van der Waals surface area contributed by atoms with E-state index >= 15 is 0 Å². The highest BCUT2D eigenvalue weighted by molar-refractivity contribution is 5.97. The Kier molecular flexibility index (Phi) is 4.86. The van der Waals surface area contributed by atoms with Gasteiger partial charge in [0.1, 0.15) is 5.82 Å². The lowest BCUT2D eigenvalue weighted by atomic mass is 10.0. The summed E-state index contributed by atoms with van der Waals surface area (Å²) in [4.78, 5) is 11.3. The van der Waals surface area contributed by atoms with Crippen LogP contribution in [0.1, 0.15) is 29.3 Å². The van der Waals surface area contributed by atoms with E-state index in [1.54, 1.807) is 6.08 Å². The largest absolute Gasteiger partial charge is 0.319 e. The minimum atomic E-state index is -0.321. The van der Waals surface area contributed by atoms with Crippen LogP contribution in [0.15, 0.2) is 24.3 Å². The van der Waals surface area contributed by atoms with Gasteiger partial charge in [-0.15, -0.1) is 0 Å². The third kappa shape index (κ3) is 3.59. The van der Waals surface area contributed by atoms with Gasteiger partial charge in [-0.05, 0) is 50.7 Å². The van der Waals surface area contributed by atoms with Crippen LogP contribution in [0.2, 0.25) is 0 Å². The Morgan fingerprint density at radius 1 is 1.50 bits per heavy atom. The summed E-state index contributed by atoms with van der Waals surface area (Å²) in [7, 11) is 1.87. The summed E-state index contributed by atoms with van der Waals surface area (Å²) in [6.07, 6.45) is 4.57. The Balaban J connectivity index is 2.88. The number of ketones is 1. The van der Waals surface area contributed by atoms with Crippen molar-refractivity contribution in [1.29, 1.82) is 0 Å². The summed E-state index contributed by atoms with van der Waals surface area (Å²) in [5, 5.41) is 3.01. The predicted molar refractivity (Wildman–Crippen MR) is 64.0 cm³/mol. The molecule has 0 radical (unpaired) electrons. The van der Waals surface area contributed by atoms with E-state index in [2.05, 4.69) is 5.32 Å². The highest BCUT2D eigenvalue weighted by atomic mass is 19.1. The number of carbonyl (C=O) groups excluding carboxylic acids is 1. The van der Waals surface area contributed by atoms with Crippen molar-refractivity contribution in [2.45, 2.75) is 13.3 Å². The first kappa shape index (κ1) is 12.6. The van der Waals surface area contributed by atoms with Gasteiger partial charge < -0.3 is 5.32 Å². The van der Waals surface area contributed by atoms with E-state index in [-0.39, 0.29) is 11.6 Å². The van der Waals surface area contributed by atoms with Crippen LogP contribution in [-0.4, -0.2) is 19.4 Å². The summed E-state index contributed by atoms with van der Waals surface area (Å²) in [6, 6.07) is 4.21. The van der Waals surface area contributed by atoms with Crippen LogP contribution in [0.3, 0.4) is 0 Å². The van der Waals surface area contributed by atoms with Crippen molar-refractivity contribution < 1.29 is 9.18 Å². The normalized spacial score (nSPS) is 10.9. The van der Waals surface area contributed by atoms with E-state index in [1.807, 2.05) is 13.1 Å². The molecule has 0 aliphatic carbocycles. The summed E-state index contributed by atoms with van der Waals surface area (Å²) in [5.74, 6) is -0.369. The fraction of sp³-hybridized carbons (Fsp3) is 0.308. The predicted octanol–water partition coefficient (Wildman–Crippen LogP) is 2.65. The lowest BCUT2D eigenvalue weighted by Crippen LogP contribution is -2.05. The molecule has 0 spiro atoms. The zero-order valence-electron chi connectivity index (χ0n) is 9.59. The first-order valence-corrected chi connectivity index (χ1v) is 5.26. The highest BCUT2D eigenvalue weighted by Crippen LogP contribution is 2.14. The molecule has 0 aliphatic rings. The van der Waals surface area contributed by atoms with Crippen LogP contribution < -0.4 is 5.32 Å². The molecule has 2 nitrogen and oxygen atoms in total. The molecule has 1 aromatic carbocycles. The Hall–Kier alpha value is -1.48. The third-order valence-corrected chi connectivity index (χ3v) is 2.25. The Labute approximate surface area is 95.2 Å². The molecule has 0 amide bonds. The van der Waals surface area contributed by atoms with Crippen LogP contribution in [0.25, 0.3) is 6.08 Å². The summed E-state index contributed by atoms with van der Waals surface area (Å²) >= 11 is 0. The molecule has 0 atom stereocenters. The van der Waals surface area contributed by atoms with Gasteiger partial charge in [0.25, 0.3) is 0 Å². The molecule has 0 saturated carbocycles. The molecule has 1 N–H and O–H groups in total. The fourth-order valence-corrected chi connectivity index (χ4v) is 1.43. The van der Waals surface area contributed by atoms with Crippen molar-refractivity contribution in [3.05, 3.63) is 41.2 Å². The molecule has 0 bridgehead atoms. The standard InChI is InChI=1S/C13H16FNO/c1-10(16)13-7-6-12(14)9-11(13)5-3-4-8-15-2/h3,5-7,9,15H,4,8H2,1-2H3. The first-order chi connectivity index (χ1) is 7.65. The minimum Gasteiger partial charge on any atom is -0.319 e. The molecule has 16 heavy (non-hydrogen) atoms. The topological polar surface area (TPSA) is 29.1 Å². The van der Waals surface area contributed by atoms with E-state index in [9.17, 15) is 9.18 Å². The van der Waals surface area contributed by atoms with Crippen LogP contribution >= 0.6 is 0 Å². The zero-order valence-corrected chi connectivity index (χ0v) is 9.59. The number of hydrogen-bond donors (Lipinski definition) is 1. The van der Waals surface area contributed by atoms with Crippen LogP contribution in [-0.2, 0) is 0 Å². The maximum absolute atomic E-state index is 13.0. The van der Waals surface area contributed by atoms with Gasteiger partial charge in [0, 0.05) is 5.56 Å². The molecule has 0 heterocycles. The molecule has 0 aromatic heterocycles. The number of Topliss-reactive ketones (excluding diaryl/α,β-unsaturated/α-hetero) is 1. The van der Waals surface area contributed by atoms with Crippen LogP contribution in [0.4, 0.5) is 4.39 Å². The maximum atomic E-state index is 13.0. The maximum Gasteiger partial charge on any atom is 0.160 e. The molecular weight excluding hydrogens is 205 g/mol. The van der Waals surface area contributed by atoms with Gasteiger partial charge in [-0.1, -0.05) is 12.2 Å². The van der Waals surface area contributed by atoms with Crippen LogP contribution in [0, 0.1) is 5.82 Å². The number of nitrogens with one attached hydrogen (secondary N) is 1. The van der Waals surface area contributed by atoms with Crippen molar-refractivity contribution >= 4 is 11.9 Å². The Bertz CT molecular complexity index is 399. The second-order valence-corrected chi connectivity index (χ2v) is 3.58. The summed E-state index contributed by atoms with van der Waals surface area (Å²) < 4.78 is 13.0. The van der Waals surface area contributed by atoms with Gasteiger partial charge in [-0.2, -0.15) is 0 Å². The zero-order chi connectivity index (χ0) is 12.0. The van der Waals surface area contributed by atoms with Gasteiger partial charge in [0.05, 0.1) is 0 Å². The summed E-state index contributed by atoms with van der Waals surface area (Å²) in [6.45, 7) is 2.35. The molecule has 0 saturated heterocycles. The van der Waals surface area contributed by atoms with Gasteiger partial charge in [0.2, 0.25) is 0 Å². The molecule has 0 fully saturated rings. The Morgan fingerprint density at radius 3 is 2.88 bits per heavy atom. The lowest BCUT2D eigenvalue weighted by Gasteiger charge is -2.02. The summed E-state index contributed by atoms with van der Waals surface area (Å²) in [5.41, 5.74) is 1.20. The van der Waals surface area contributed by atoms with E-state index < -0.39 is 0 Å². The molecule has 0 unspecified atom stereocenters. The van der Waals surface area contributed by atoms with E-state index in [0.29, 0.717) is 11.1 Å². The van der Waals surface area contributed by atoms with Crippen LogP contribution in [0.5, 0.6) is 0 Å². The molecule has 0 aliphatic heterocycles. The van der Waals surface area contributed by atoms with Gasteiger partial charge >= 0.3 is 0 Å². The fourth-order valence-electron chi connectivity index (χ4n) is 1.43. The number of halogens is 1. The average molecular weight is 221 g/mol. The van der Waals surface area contributed by atoms with E-state index in [4.69, 9.17) is 0 Å². The van der Waals surface area contributed by atoms with Gasteiger partial charge in [-0.3, -0.25) is 4.79 Å². The van der Waals surface area contributed by atoms with E-state index in [0.717, 1.165) is 13.0 Å². The SMILES string of the molecule is CNCCC=Cc1cc(F)ccc1C(C)=O. The average Bonchev–Trinajstić information content (AvgIpc) is 2.24. The second kappa shape index (κ2) is 6.18. The highest BCUT2D eigenvalue weighted by Gasteiger charge is 2.05. The monoisotopic (exact) mass is 221 g/mol. The quantitative estimate of drug-likeness (QED) is 0.611. The van der Waals surface area contributed by atoms with Crippen molar-refractivity contribution in [3.63, 3.8) is 0 Å². The molecule has 1 rings (SSSR count). The molecule has 1 aromatic rings. The third-order valence-electron chi connectivity index (χ3n) is 2.25. The molecule has 86 valence electrons. The number of rotatable bonds is 5. The number of benzene rings is 1. The van der Waals surface area contributed by atoms with Gasteiger partial charge in [-0.25, -0.2) is 4.39 Å². The lowest BCUT2D eigenvalue weighted by molar-refractivity contribution is 0.101. The van der Waals surface area contributed by atoms with Crippen molar-refractivity contribution in [3.8, 4) is 0 Å². The van der Waals surface area contributed by atoms with Crippen molar-refractivity contribution in [2.24, 2.45) is 0 Å². The molecule has 3 heteroatoms. The van der Waals surface area contributed by atoms with Crippen molar-refractivity contribution in [2.75, 3.05) is 13.6 Å². The second-order valence-electron chi connectivity index (χ2n) is 3.58. The number of carbonyl (C=O) groups is 1. The minimum absolute atomic E-state index is 0.0479. The Morgan fingerprint density at radius 2 is 2.25 bits per heavy atom. The van der Waals surface area contributed by atoms with E-state index in [1.165, 1.54) is 25.1 Å². The first-order valence-electron chi connectivity index (χ1n) is 5.26. The van der Waals surface area contributed by atoms with Gasteiger partial charge in [0.15, 0.2) is 5.78 Å². The number of hydrogen-bond acceptors (Lipinski definition) is 2. The smallest absolute Gasteiger partial charge is 0.160 e. The van der Waals surface area contributed by atoms with Crippen molar-refractivity contribution in [1.82, 2.24) is 5.32 Å². The molecular formula is C13H16FNO.